The van der Waals surface area contributed by atoms with Crippen molar-refractivity contribution in [1.29, 1.82) is 0 Å². The van der Waals surface area contributed by atoms with Crippen LogP contribution in [0.3, 0.4) is 0 Å². The fraction of sp³-hybridized carbons (Fsp3) is 0.625. The highest BCUT2D eigenvalue weighted by Crippen LogP contribution is 2.54. The highest BCUT2D eigenvalue weighted by Gasteiger charge is 2.47. The van der Waals surface area contributed by atoms with Gasteiger partial charge in [0.25, 0.3) is 0 Å². The first-order valence-electron chi connectivity index (χ1n) is 11.0. The highest BCUT2D eigenvalue weighted by atomic mass is 35.5. The molecule has 0 radical (unpaired) electrons. The summed E-state index contributed by atoms with van der Waals surface area (Å²) in [5.41, 5.74) is 8.06. The molecular formula is C24H36ClNO4. The second kappa shape index (κ2) is 10.5. The predicted octanol–water partition coefficient (Wildman–Crippen LogP) is 5.24. The molecule has 0 fully saturated rings. The lowest BCUT2D eigenvalue weighted by atomic mass is 9.67. The molecule has 0 saturated heterocycles. The normalized spacial score (nSPS) is 21.4. The van der Waals surface area contributed by atoms with Crippen molar-refractivity contribution in [1.82, 2.24) is 0 Å². The summed E-state index contributed by atoms with van der Waals surface area (Å²) in [6, 6.07) is 4.29. The number of rotatable bonds is 9. The Morgan fingerprint density at radius 1 is 1.30 bits per heavy atom. The van der Waals surface area contributed by atoms with Crippen molar-refractivity contribution in [2.75, 3.05) is 13.2 Å². The van der Waals surface area contributed by atoms with Gasteiger partial charge in [0.15, 0.2) is 0 Å². The molecule has 168 valence electrons. The summed E-state index contributed by atoms with van der Waals surface area (Å²) < 4.78 is 12.7. The number of allylic oxidation sites excluding steroid dienone is 1. The van der Waals surface area contributed by atoms with E-state index in [0.717, 1.165) is 36.3 Å². The van der Waals surface area contributed by atoms with Crippen LogP contribution in [0.25, 0.3) is 0 Å². The summed E-state index contributed by atoms with van der Waals surface area (Å²) in [6.07, 6.45) is 8.39. The Balaban J connectivity index is 0.00000320. The van der Waals surface area contributed by atoms with Crippen LogP contribution < -0.4 is 15.2 Å². The van der Waals surface area contributed by atoms with Crippen LogP contribution >= 0.6 is 12.4 Å². The van der Waals surface area contributed by atoms with Gasteiger partial charge in [-0.15, -0.1) is 12.4 Å². The number of carbonyl (C=O) groups is 1. The lowest BCUT2D eigenvalue weighted by Gasteiger charge is -2.47. The Labute approximate surface area is 186 Å². The number of benzene rings is 1. The molecule has 1 aromatic rings. The standard InChI is InChI=1S/C24H35NO4.ClH/c1-4-5-6-8-16-13-20(28-12-7-11-25)22-18-15-17(23(26)27)9-10-19(18)24(2,3)29-21(22)14-16;/h9,13-14,18-19H,4-8,10-12,15,25H2,1-3H3,(H,26,27);1H/t18-,19-;/m0./s1. The smallest absolute Gasteiger partial charge is 0.331 e. The topological polar surface area (TPSA) is 81.8 Å². The van der Waals surface area contributed by atoms with E-state index >= 15 is 0 Å². The van der Waals surface area contributed by atoms with Gasteiger partial charge in [-0.3, -0.25) is 0 Å². The molecule has 0 aromatic heterocycles. The van der Waals surface area contributed by atoms with Crippen LogP contribution in [-0.4, -0.2) is 29.8 Å². The molecule has 3 rings (SSSR count). The predicted molar refractivity (Wildman–Crippen MR) is 122 cm³/mol. The zero-order valence-corrected chi connectivity index (χ0v) is 19.2. The van der Waals surface area contributed by atoms with E-state index < -0.39 is 5.97 Å². The van der Waals surface area contributed by atoms with Crippen LogP contribution in [0.5, 0.6) is 11.5 Å². The number of carboxylic acid groups (broad SMARTS) is 1. The van der Waals surface area contributed by atoms with Crippen molar-refractivity contribution in [2.45, 2.75) is 77.2 Å². The third-order valence-electron chi connectivity index (χ3n) is 6.29. The fourth-order valence-corrected chi connectivity index (χ4v) is 4.71. The van der Waals surface area contributed by atoms with Gasteiger partial charge in [0.2, 0.25) is 0 Å². The lowest BCUT2D eigenvalue weighted by molar-refractivity contribution is -0.133. The number of nitrogens with two attached hydrogens (primary N) is 1. The molecule has 1 aliphatic carbocycles. The van der Waals surface area contributed by atoms with Crippen molar-refractivity contribution in [3.63, 3.8) is 0 Å². The van der Waals surface area contributed by atoms with E-state index in [-0.39, 0.29) is 29.8 Å². The first kappa shape index (κ1) is 24.5. The Bertz CT molecular complexity index is 775. The largest absolute Gasteiger partial charge is 0.493 e. The molecule has 0 unspecified atom stereocenters. The maximum atomic E-state index is 11.7. The zero-order chi connectivity index (χ0) is 21.0. The Morgan fingerprint density at radius 2 is 2.07 bits per heavy atom. The fourth-order valence-electron chi connectivity index (χ4n) is 4.71. The van der Waals surface area contributed by atoms with Gasteiger partial charge in [-0.25, -0.2) is 4.79 Å². The minimum atomic E-state index is -0.823. The summed E-state index contributed by atoms with van der Waals surface area (Å²) in [7, 11) is 0. The van der Waals surface area contributed by atoms with Crippen LogP contribution in [0.2, 0.25) is 0 Å². The summed E-state index contributed by atoms with van der Waals surface area (Å²) in [4.78, 5) is 11.7. The molecule has 1 aromatic carbocycles. The van der Waals surface area contributed by atoms with Gasteiger partial charge in [-0.05, 0) is 70.2 Å². The molecule has 0 saturated carbocycles. The molecule has 1 heterocycles. The van der Waals surface area contributed by atoms with Crippen LogP contribution in [-0.2, 0) is 11.2 Å². The average molecular weight is 438 g/mol. The van der Waals surface area contributed by atoms with Crippen molar-refractivity contribution in [2.24, 2.45) is 11.7 Å². The van der Waals surface area contributed by atoms with Gasteiger partial charge in [0, 0.05) is 23.0 Å². The van der Waals surface area contributed by atoms with Gasteiger partial charge < -0.3 is 20.3 Å². The van der Waals surface area contributed by atoms with Crippen molar-refractivity contribution in [3.05, 3.63) is 34.9 Å². The summed E-state index contributed by atoms with van der Waals surface area (Å²) >= 11 is 0. The van der Waals surface area contributed by atoms with Gasteiger partial charge in [0.05, 0.1) is 6.61 Å². The molecule has 0 spiro atoms. The van der Waals surface area contributed by atoms with E-state index in [1.807, 2.05) is 6.08 Å². The minimum Gasteiger partial charge on any atom is -0.493 e. The highest BCUT2D eigenvalue weighted by molar-refractivity contribution is 5.87. The lowest BCUT2D eigenvalue weighted by Crippen LogP contribution is -2.46. The van der Waals surface area contributed by atoms with Crippen LogP contribution in [0.1, 0.15) is 76.3 Å². The molecule has 0 amide bonds. The number of ether oxygens (including phenoxy) is 2. The molecule has 2 atom stereocenters. The summed E-state index contributed by atoms with van der Waals surface area (Å²) in [5.74, 6) is 1.19. The molecule has 3 N–H and O–H groups in total. The number of hydrogen-bond donors (Lipinski definition) is 2. The van der Waals surface area contributed by atoms with Crippen molar-refractivity contribution < 1.29 is 19.4 Å². The molecule has 0 bridgehead atoms. The maximum Gasteiger partial charge on any atom is 0.331 e. The van der Waals surface area contributed by atoms with E-state index in [2.05, 4.69) is 32.9 Å². The third-order valence-corrected chi connectivity index (χ3v) is 6.29. The molecule has 5 nitrogen and oxygen atoms in total. The molecule has 2 aliphatic rings. The minimum absolute atomic E-state index is 0. The van der Waals surface area contributed by atoms with Crippen LogP contribution in [0, 0.1) is 5.92 Å². The quantitative estimate of drug-likeness (QED) is 0.516. The number of halogens is 1. The average Bonchev–Trinajstić information content (AvgIpc) is 2.67. The van der Waals surface area contributed by atoms with E-state index in [9.17, 15) is 9.90 Å². The monoisotopic (exact) mass is 437 g/mol. The van der Waals surface area contributed by atoms with Gasteiger partial charge in [0.1, 0.15) is 17.1 Å². The van der Waals surface area contributed by atoms with Crippen molar-refractivity contribution in [3.8, 4) is 11.5 Å². The van der Waals surface area contributed by atoms with E-state index in [4.69, 9.17) is 15.2 Å². The van der Waals surface area contributed by atoms with E-state index in [0.29, 0.717) is 31.6 Å². The van der Waals surface area contributed by atoms with E-state index in [1.54, 1.807) is 0 Å². The molecule has 30 heavy (non-hydrogen) atoms. The van der Waals surface area contributed by atoms with Gasteiger partial charge in [-0.2, -0.15) is 0 Å². The third kappa shape index (κ3) is 5.30. The molecule has 1 aliphatic heterocycles. The van der Waals surface area contributed by atoms with Gasteiger partial charge in [-0.1, -0.05) is 25.8 Å². The Morgan fingerprint density at radius 3 is 2.73 bits per heavy atom. The molecular weight excluding hydrogens is 402 g/mol. The summed E-state index contributed by atoms with van der Waals surface area (Å²) in [6.45, 7) is 7.58. The number of hydrogen-bond acceptors (Lipinski definition) is 4. The molecule has 6 heteroatoms. The van der Waals surface area contributed by atoms with Crippen molar-refractivity contribution >= 4 is 18.4 Å². The number of carboxylic acids is 1. The first-order valence-corrected chi connectivity index (χ1v) is 11.0. The Hall–Kier alpha value is -1.72. The first-order chi connectivity index (χ1) is 13.9. The second-order valence-corrected chi connectivity index (χ2v) is 8.85. The number of aliphatic carboxylic acids is 1. The number of aryl methyl sites for hydroxylation is 1. The van der Waals surface area contributed by atoms with Crippen LogP contribution in [0.15, 0.2) is 23.8 Å². The number of unbranched alkanes of at least 4 members (excludes halogenated alkanes) is 2. The Kier molecular flexibility index (Phi) is 8.62. The number of fused-ring (bicyclic) bond motifs is 3. The second-order valence-electron chi connectivity index (χ2n) is 8.85. The van der Waals surface area contributed by atoms with Crippen LogP contribution in [0.4, 0.5) is 0 Å². The van der Waals surface area contributed by atoms with E-state index in [1.165, 1.54) is 18.4 Å². The maximum absolute atomic E-state index is 11.7. The SMILES string of the molecule is CCCCCc1cc(OCCCN)c2c(c1)OC(C)(C)[C@H]1CC=C(C(=O)O)C[C@H]21.Cl. The summed E-state index contributed by atoms with van der Waals surface area (Å²) in [5, 5.41) is 9.57. The van der Waals surface area contributed by atoms with Gasteiger partial charge >= 0.3 is 5.97 Å². The zero-order valence-electron chi connectivity index (χ0n) is 18.4.